The van der Waals surface area contributed by atoms with Crippen molar-refractivity contribution in [3.8, 4) is 11.5 Å². The average molecular weight is 280 g/mol. The zero-order chi connectivity index (χ0) is 14.2. The average Bonchev–Trinajstić information content (AvgIpc) is 2.52. The summed E-state index contributed by atoms with van der Waals surface area (Å²) in [6, 6.07) is 5.57. The van der Waals surface area contributed by atoms with Crippen molar-refractivity contribution in [3.63, 3.8) is 0 Å². The third-order valence-corrected chi connectivity index (χ3v) is 3.38. The van der Waals surface area contributed by atoms with E-state index in [4.69, 9.17) is 14.2 Å². The molecular weight excluding hydrogens is 256 g/mol. The topological polar surface area (TPSA) is 47.9 Å². The van der Waals surface area contributed by atoms with E-state index < -0.39 is 0 Å². The van der Waals surface area contributed by atoms with Crippen LogP contribution in [0.2, 0.25) is 0 Å². The second-order valence-corrected chi connectivity index (χ2v) is 5.08. The minimum atomic E-state index is -0.0328. The summed E-state index contributed by atoms with van der Waals surface area (Å²) in [5, 5.41) is 9.37. The van der Waals surface area contributed by atoms with Crippen LogP contribution in [0.25, 0.3) is 0 Å². The molecule has 1 aliphatic rings. The number of benzene rings is 1. The monoisotopic (exact) mass is 280 g/mol. The molecule has 0 amide bonds. The van der Waals surface area contributed by atoms with Crippen LogP contribution in [-0.2, 0) is 11.3 Å². The van der Waals surface area contributed by atoms with E-state index in [2.05, 4.69) is 6.92 Å². The Morgan fingerprint density at radius 2 is 2.20 bits per heavy atom. The molecule has 1 aromatic rings. The lowest BCUT2D eigenvalue weighted by Gasteiger charge is -2.23. The smallest absolute Gasteiger partial charge is 0.128 e. The number of rotatable bonds is 7. The molecule has 1 unspecified atom stereocenters. The summed E-state index contributed by atoms with van der Waals surface area (Å²) in [5.41, 5.74) is 0.782. The molecule has 0 saturated carbocycles. The quantitative estimate of drug-likeness (QED) is 0.834. The van der Waals surface area contributed by atoms with Gasteiger partial charge in [-0.05, 0) is 37.8 Å². The first-order valence-electron chi connectivity index (χ1n) is 7.44. The van der Waals surface area contributed by atoms with E-state index in [0.29, 0.717) is 19.0 Å². The highest BCUT2D eigenvalue weighted by molar-refractivity contribution is 5.40. The molecule has 0 radical (unpaired) electrons. The Morgan fingerprint density at radius 3 is 2.90 bits per heavy atom. The molecule has 1 aliphatic heterocycles. The number of hydrogen-bond acceptors (Lipinski definition) is 4. The van der Waals surface area contributed by atoms with Gasteiger partial charge in [0.05, 0.1) is 19.3 Å². The van der Waals surface area contributed by atoms with Gasteiger partial charge in [0, 0.05) is 18.2 Å². The van der Waals surface area contributed by atoms with Crippen molar-refractivity contribution in [2.45, 2.75) is 45.3 Å². The number of aliphatic hydroxyl groups excluding tert-OH is 1. The Morgan fingerprint density at radius 1 is 1.30 bits per heavy atom. The molecule has 20 heavy (non-hydrogen) atoms. The van der Waals surface area contributed by atoms with Crippen molar-refractivity contribution < 1.29 is 19.3 Å². The van der Waals surface area contributed by atoms with Crippen LogP contribution < -0.4 is 9.47 Å². The molecule has 4 nitrogen and oxygen atoms in total. The standard InChI is InChI=1S/C16H24O4/c1-2-8-18-14-7-6-13(11-17)16(10-14)20-12-15-5-3-4-9-19-15/h6-7,10,15,17H,2-5,8-9,11-12H2,1H3. The first-order valence-corrected chi connectivity index (χ1v) is 7.44. The van der Waals surface area contributed by atoms with Crippen LogP contribution in [0.4, 0.5) is 0 Å². The summed E-state index contributed by atoms with van der Waals surface area (Å²) in [4.78, 5) is 0. The minimum absolute atomic E-state index is 0.0328. The molecule has 0 spiro atoms. The van der Waals surface area contributed by atoms with E-state index in [0.717, 1.165) is 37.2 Å². The van der Waals surface area contributed by atoms with E-state index >= 15 is 0 Å². The molecule has 0 aromatic heterocycles. The summed E-state index contributed by atoms with van der Waals surface area (Å²) in [6.07, 6.45) is 4.50. The minimum Gasteiger partial charge on any atom is -0.493 e. The van der Waals surface area contributed by atoms with E-state index in [1.54, 1.807) is 0 Å². The fraction of sp³-hybridized carbons (Fsp3) is 0.625. The zero-order valence-electron chi connectivity index (χ0n) is 12.1. The van der Waals surface area contributed by atoms with Gasteiger partial charge >= 0.3 is 0 Å². The fourth-order valence-corrected chi connectivity index (χ4v) is 2.23. The first kappa shape index (κ1) is 15.1. The van der Waals surface area contributed by atoms with Gasteiger partial charge in [-0.15, -0.1) is 0 Å². The molecule has 1 fully saturated rings. The van der Waals surface area contributed by atoms with Crippen LogP contribution in [0.15, 0.2) is 18.2 Å². The first-order chi connectivity index (χ1) is 9.83. The maximum Gasteiger partial charge on any atom is 0.128 e. The fourth-order valence-electron chi connectivity index (χ4n) is 2.23. The lowest BCUT2D eigenvalue weighted by Crippen LogP contribution is -2.26. The van der Waals surface area contributed by atoms with Crippen LogP contribution in [0.3, 0.4) is 0 Å². The molecule has 2 rings (SSSR count). The van der Waals surface area contributed by atoms with Gasteiger partial charge in [-0.1, -0.05) is 6.92 Å². The highest BCUT2D eigenvalue weighted by Crippen LogP contribution is 2.26. The van der Waals surface area contributed by atoms with Crippen molar-refractivity contribution in [1.82, 2.24) is 0 Å². The van der Waals surface area contributed by atoms with Crippen molar-refractivity contribution >= 4 is 0 Å². The number of aliphatic hydroxyl groups is 1. The van der Waals surface area contributed by atoms with E-state index in [1.165, 1.54) is 6.42 Å². The van der Waals surface area contributed by atoms with Gasteiger partial charge in [0.15, 0.2) is 0 Å². The van der Waals surface area contributed by atoms with E-state index in [-0.39, 0.29) is 12.7 Å². The van der Waals surface area contributed by atoms with Gasteiger partial charge < -0.3 is 19.3 Å². The predicted molar refractivity (Wildman–Crippen MR) is 77.2 cm³/mol. The summed E-state index contributed by atoms with van der Waals surface area (Å²) < 4.78 is 17.1. The molecule has 0 bridgehead atoms. The maximum atomic E-state index is 9.37. The van der Waals surface area contributed by atoms with Gasteiger partial charge in [0.2, 0.25) is 0 Å². The van der Waals surface area contributed by atoms with Gasteiger partial charge in [0.1, 0.15) is 18.1 Å². The van der Waals surface area contributed by atoms with Crippen molar-refractivity contribution in [2.75, 3.05) is 19.8 Å². The van der Waals surface area contributed by atoms with Crippen LogP contribution >= 0.6 is 0 Å². The number of ether oxygens (including phenoxy) is 3. The predicted octanol–water partition coefficient (Wildman–Crippen LogP) is 2.92. The Hall–Kier alpha value is -1.26. The second kappa shape index (κ2) is 8.12. The summed E-state index contributed by atoms with van der Waals surface area (Å²) >= 11 is 0. The third-order valence-electron chi connectivity index (χ3n) is 3.38. The number of hydrogen-bond donors (Lipinski definition) is 1. The Labute approximate surface area is 120 Å². The lowest BCUT2D eigenvalue weighted by molar-refractivity contribution is -0.0114. The molecule has 112 valence electrons. The molecule has 0 aliphatic carbocycles. The van der Waals surface area contributed by atoms with Gasteiger partial charge in [-0.2, -0.15) is 0 Å². The largest absolute Gasteiger partial charge is 0.493 e. The van der Waals surface area contributed by atoms with Crippen molar-refractivity contribution in [1.29, 1.82) is 0 Å². The summed E-state index contributed by atoms with van der Waals surface area (Å²) in [6.45, 7) is 4.07. The van der Waals surface area contributed by atoms with E-state index in [1.807, 2.05) is 18.2 Å². The molecule has 1 saturated heterocycles. The van der Waals surface area contributed by atoms with Crippen LogP contribution in [0.5, 0.6) is 11.5 Å². The Balaban J connectivity index is 1.96. The molecular formula is C16H24O4. The highest BCUT2D eigenvalue weighted by Gasteiger charge is 2.15. The normalized spacial score (nSPS) is 18.8. The van der Waals surface area contributed by atoms with Crippen LogP contribution in [-0.4, -0.2) is 31.0 Å². The van der Waals surface area contributed by atoms with Crippen molar-refractivity contribution in [3.05, 3.63) is 23.8 Å². The zero-order valence-corrected chi connectivity index (χ0v) is 12.1. The molecule has 1 atom stereocenters. The third kappa shape index (κ3) is 4.39. The highest BCUT2D eigenvalue weighted by atomic mass is 16.5. The van der Waals surface area contributed by atoms with Gasteiger partial charge in [-0.3, -0.25) is 0 Å². The van der Waals surface area contributed by atoms with Gasteiger partial charge in [-0.25, -0.2) is 0 Å². The van der Waals surface area contributed by atoms with E-state index in [9.17, 15) is 5.11 Å². The van der Waals surface area contributed by atoms with Gasteiger partial charge in [0.25, 0.3) is 0 Å². The van der Waals surface area contributed by atoms with Crippen molar-refractivity contribution in [2.24, 2.45) is 0 Å². The molecule has 1 heterocycles. The lowest BCUT2D eigenvalue weighted by atomic mass is 10.1. The second-order valence-electron chi connectivity index (χ2n) is 5.08. The van der Waals surface area contributed by atoms with Crippen LogP contribution in [0.1, 0.15) is 38.2 Å². The Kier molecular flexibility index (Phi) is 6.15. The molecule has 1 aromatic carbocycles. The SMILES string of the molecule is CCCOc1ccc(CO)c(OCC2CCCCO2)c1. The summed E-state index contributed by atoms with van der Waals surface area (Å²) in [7, 11) is 0. The maximum absolute atomic E-state index is 9.37. The molecule has 1 N–H and O–H groups in total. The van der Waals surface area contributed by atoms with Crippen LogP contribution in [0, 0.1) is 0 Å². The Bertz CT molecular complexity index is 399. The summed E-state index contributed by atoms with van der Waals surface area (Å²) in [5.74, 6) is 1.47. The molecule has 4 heteroatoms.